The van der Waals surface area contributed by atoms with Crippen molar-refractivity contribution in [3.63, 3.8) is 0 Å². The van der Waals surface area contributed by atoms with Crippen LogP contribution in [0.5, 0.6) is 0 Å². The van der Waals surface area contributed by atoms with Crippen molar-refractivity contribution >= 4 is 71.5 Å². The molecular weight excluding hydrogens is 729 g/mol. The van der Waals surface area contributed by atoms with Gasteiger partial charge < -0.3 is 8.83 Å². The number of furan rings is 2. The lowest BCUT2D eigenvalue weighted by Gasteiger charge is -2.26. The maximum absolute atomic E-state index is 6.72. The van der Waals surface area contributed by atoms with E-state index in [0.29, 0.717) is 0 Å². The fourth-order valence-corrected chi connectivity index (χ4v) is 11.0. The van der Waals surface area contributed by atoms with E-state index >= 15 is 0 Å². The standard InChI is InChI=1S/C58H40O2/c1-33-37-15-5-4-14-34(37)24-27-38(33)54-44-19-8-6-17-42(44)53(43-18-7-9-20-45(43)54)36-26-29-40-39-28-25-35(30-49(39)58(2,3)50(40)31-36)47-32-48-41-16-10-12-22-51(41)59-57(48)55-46-21-11-13-23-52(46)60-56(47)55/h4-6,8-17,19-32H,7,18H2,1-3H3. The minimum atomic E-state index is -0.228. The van der Waals surface area contributed by atoms with Gasteiger partial charge in [0.25, 0.3) is 0 Å². The number of para-hydroxylation sites is 2. The van der Waals surface area contributed by atoms with Gasteiger partial charge in [0.15, 0.2) is 0 Å². The Morgan fingerprint density at radius 2 is 1.08 bits per heavy atom. The van der Waals surface area contributed by atoms with Crippen LogP contribution in [0.3, 0.4) is 0 Å². The lowest BCUT2D eigenvalue weighted by atomic mass is 9.77. The Hall–Kier alpha value is -7.16. The van der Waals surface area contributed by atoms with Crippen LogP contribution < -0.4 is 0 Å². The number of aryl methyl sites for hydroxylation is 1. The zero-order chi connectivity index (χ0) is 39.9. The van der Waals surface area contributed by atoms with Crippen LogP contribution in [0.4, 0.5) is 0 Å². The second-order valence-electron chi connectivity index (χ2n) is 17.4. The molecule has 13 rings (SSSR count). The molecule has 2 aromatic heterocycles. The van der Waals surface area contributed by atoms with Gasteiger partial charge in [-0.2, -0.15) is 0 Å². The topological polar surface area (TPSA) is 26.3 Å². The number of hydrogen-bond acceptors (Lipinski definition) is 2. The second kappa shape index (κ2) is 12.2. The monoisotopic (exact) mass is 768 g/mol. The summed E-state index contributed by atoms with van der Waals surface area (Å²) in [6.45, 7) is 7.09. The molecule has 0 N–H and O–H groups in total. The smallest absolute Gasteiger partial charge is 0.147 e. The molecule has 0 saturated carbocycles. The van der Waals surface area contributed by atoms with E-state index < -0.39 is 0 Å². The van der Waals surface area contributed by atoms with Crippen molar-refractivity contribution in [3.05, 3.63) is 186 Å². The van der Waals surface area contributed by atoms with Gasteiger partial charge in [0.1, 0.15) is 22.3 Å². The minimum Gasteiger partial charge on any atom is -0.455 e. The van der Waals surface area contributed by atoms with Crippen molar-refractivity contribution in [1.82, 2.24) is 0 Å². The zero-order valence-corrected chi connectivity index (χ0v) is 33.8. The third-order valence-electron chi connectivity index (χ3n) is 13.9. The molecule has 284 valence electrons. The Kier molecular flexibility index (Phi) is 6.86. The maximum Gasteiger partial charge on any atom is 0.147 e. The molecule has 60 heavy (non-hydrogen) atoms. The molecule has 0 fully saturated rings. The van der Waals surface area contributed by atoms with Gasteiger partial charge in [-0.05, 0) is 138 Å². The summed E-state index contributed by atoms with van der Waals surface area (Å²) in [4.78, 5) is 0. The number of fused-ring (bicyclic) bond motifs is 13. The van der Waals surface area contributed by atoms with Crippen LogP contribution in [0.25, 0.3) is 116 Å². The first-order chi connectivity index (χ1) is 29.4. The summed E-state index contributed by atoms with van der Waals surface area (Å²) in [6, 6.07) is 55.8. The molecule has 0 bridgehead atoms. The Morgan fingerprint density at radius 3 is 1.87 bits per heavy atom. The molecule has 0 aliphatic heterocycles. The van der Waals surface area contributed by atoms with Gasteiger partial charge in [-0.1, -0.05) is 147 Å². The molecule has 2 heterocycles. The van der Waals surface area contributed by atoms with Crippen LogP contribution in [0, 0.1) is 6.92 Å². The summed E-state index contributed by atoms with van der Waals surface area (Å²) in [7, 11) is 0. The van der Waals surface area contributed by atoms with Crippen LogP contribution in [0.15, 0.2) is 167 Å². The molecule has 0 atom stereocenters. The molecule has 0 amide bonds. The predicted octanol–water partition coefficient (Wildman–Crippen LogP) is 16.4. The number of rotatable bonds is 3. The summed E-state index contributed by atoms with van der Waals surface area (Å²) in [5.74, 6) is 0. The molecule has 0 spiro atoms. The third kappa shape index (κ3) is 4.54. The average Bonchev–Trinajstić information content (AvgIpc) is 3.93. The largest absolute Gasteiger partial charge is 0.455 e. The highest BCUT2D eigenvalue weighted by molar-refractivity contribution is 6.25. The fraction of sp³-hybridized carbons (Fsp3) is 0.103. The molecule has 2 aliphatic rings. The van der Waals surface area contributed by atoms with E-state index in [1.807, 2.05) is 12.1 Å². The molecule has 2 aliphatic carbocycles. The summed E-state index contributed by atoms with van der Waals surface area (Å²) in [5, 5.41) is 9.57. The van der Waals surface area contributed by atoms with Crippen LogP contribution in [0.1, 0.15) is 48.1 Å². The van der Waals surface area contributed by atoms with Crippen molar-refractivity contribution in [2.75, 3.05) is 0 Å². The molecule has 0 unspecified atom stereocenters. The first kappa shape index (κ1) is 33.8. The van der Waals surface area contributed by atoms with Crippen LogP contribution in [-0.4, -0.2) is 0 Å². The van der Waals surface area contributed by atoms with Crippen LogP contribution >= 0.6 is 0 Å². The van der Waals surface area contributed by atoms with Crippen molar-refractivity contribution in [1.29, 1.82) is 0 Å². The predicted molar refractivity (Wildman–Crippen MR) is 252 cm³/mol. The van der Waals surface area contributed by atoms with E-state index in [9.17, 15) is 0 Å². The number of benzene rings is 9. The Labute approximate surface area is 348 Å². The van der Waals surface area contributed by atoms with Crippen molar-refractivity contribution in [3.8, 4) is 44.5 Å². The lowest BCUT2D eigenvalue weighted by Crippen LogP contribution is -2.15. The molecule has 11 aromatic rings. The van der Waals surface area contributed by atoms with E-state index in [1.54, 1.807) is 0 Å². The molecule has 9 aromatic carbocycles. The van der Waals surface area contributed by atoms with Gasteiger partial charge in [0, 0.05) is 27.1 Å². The van der Waals surface area contributed by atoms with Crippen molar-refractivity contribution in [2.24, 2.45) is 0 Å². The molecule has 2 heteroatoms. The summed E-state index contributed by atoms with van der Waals surface area (Å²) in [5.41, 5.74) is 20.3. The average molecular weight is 769 g/mol. The molecule has 0 saturated heterocycles. The van der Waals surface area contributed by atoms with Crippen molar-refractivity contribution < 1.29 is 8.83 Å². The number of allylic oxidation sites excluding steroid dienone is 1. The summed E-state index contributed by atoms with van der Waals surface area (Å²) in [6.07, 6.45) is 6.82. The Balaban J connectivity index is 0.990. The maximum atomic E-state index is 6.72. The van der Waals surface area contributed by atoms with E-state index in [1.165, 1.54) is 82.7 Å². The molecule has 0 radical (unpaired) electrons. The lowest BCUT2D eigenvalue weighted by molar-refractivity contribution is 0.659. The van der Waals surface area contributed by atoms with Gasteiger partial charge in [-0.25, -0.2) is 0 Å². The van der Waals surface area contributed by atoms with Gasteiger partial charge in [0.2, 0.25) is 0 Å². The summed E-state index contributed by atoms with van der Waals surface area (Å²) < 4.78 is 13.3. The Morgan fingerprint density at radius 1 is 0.483 bits per heavy atom. The van der Waals surface area contributed by atoms with Gasteiger partial charge in [0.05, 0.1) is 5.39 Å². The van der Waals surface area contributed by atoms with E-state index in [-0.39, 0.29) is 5.41 Å². The zero-order valence-electron chi connectivity index (χ0n) is 33.8. The van der Waals surface area contributed by atoms with E-state index in [2.05, 4.69) is 172 Å². The highest BCUT2D eigenvalue weighted by atomic mass is 16.3. The van der Waals surface area contributed by atoms with Crippen LogP contribution in [-0.2, 0) is 11.8 Å². The molecular formula is C58H40O2. The third-order valence-corrected chi connectivity index (χ3v) is 13.9. The Bertz CT molecular complexity index is 3700. The first-order valence-electron chi connectivity index (χ1n) is 21.2. The van der Waals surface area contributed by atoms with Crippen molar-refractivity contribution in [2.45, 2.75) is 39.0 Å². The normalized spacial score (nSPS) is 14.2. The minimum absolute atomic E-state index is 0.228. The highest BCUT2D eigenvalue weighted by Crippen LogP contribution is 2.53. The van der Waals surface area contributed by atoms with E-state index in [0.717, 1.165) is 67.8 Å². The van der Waals surface area contributed by atoms with E-state index in [4.69, 9.17) is 8.83 Å². The molecule has 2 nitrogen and oxygen atoms in total. The first-order valence-corrected chi connectivity index (χ1v) is 21.2. The highest BCUT2D eigenvalue weighted by Gasteiger charge is 2.37. The quantitative estimate of drug-likeness (QED) is 0.179. The second-order valence-corrected chi connectivity index (χ2v) is 17.4. The summed E-state index contributed by atoms with van der Waals surface area (Å²) >= 11 is 0. The fourth-order valence-electron chi connectivity index (χ4n) is 11.0. The van der Waals surface area contributed by atoms with Gasteiger partial charge >= 0.3 is 0 Å². The van der Waals surface area contributed by atoms with Gasteiger partial charge in [-0.3, -0.25) is 0 Å². The number of hydrogen-bond donors (Lipinski definition) is 0. The van der Waals surface area contributed by atoms with Crippen LogP contribution in [0.2, 0.25) is 0 Å². The van der Waals surface area contributed by atoms with Gasteiger partial charge in [-0.15, -0.1) is 0 Å². The SMILES string of the molecule is Cc1c(-c2c3c(c(-c4ccc5c(c4)C(C)(C)c4cc(-c6cc7c8ccccc8oc7c7c6oc6ccccc67)ccc4-5)c4ccccc24)CCC=C3)ccc2ccccc12.